The van der Waals surface area contributed by atoms with Crippen LogP contribution in [0.25, 0.3) is 0 Å². The lowest BCUT2D eigenvalue weighted by Gasteiger charge is -2.15. The maximum atomic E-state index is 12.1. The number of hydrogen-bond acceptors (Lipinski definition) is 5. The summed E-state index contributed by atoms with van der Waals surface area (Å²) in [6.45, 7) is 3.90. The fraction of sp³-hybridized carbons (Fsp3) is 0.592. The van der Waals surface area contributed by atoms with Crippen molar-refractivity contribution in [1.29, 1.82) is 0 Å². The average molecular weight is 747 g/mol. The van der Waals surface area contributed by atoms with Gasteiger partial charge in [0.25, 0.3) is 0 Å². The molecule has 0 bridgehead atoms. The summed E-state index contributed by atoms with van der Waals surface area (Å²) in [5.74, 6) is -0.628. The number of aliphatic hydroxyl groups excluding tert-OH is 1. The van der Waals surface area contributed by atoms with E-state index in [1.54, 1.807) is 0 Å². The zero-order valence-corrected chi connectivity index (χ0v) is 34.4. The third kappa shape index (κ3) is 41.3. The van der Waals surface area contributed by atoms with E-state index in [2.05, 4.69) is 123 Å². The van der Waals surface area contributed by atoms with Crippen molar-refractivity contribution in [3.05, 3.63) is 109 Å². The largest absolute Gasteiger partial charge is 0.462 e. The minimum atomic E-state index is -0.779. The maximum absolute atomic E-state index is 12.1. The van der Waals surface area contributed by atoms with E-state index < -0.39 is 6.10 Å². The first-order valence-corrected chi connectivity index (χ1v) is 21.4. The summed E-state index contributed by atoms with van der Waals surface area (Å²) in [5.41, 5.74) is 0. The number of ether oxygens (including phenoxy) is 2. The topological polar surface area (TPSA) is 72.8 Å². The highest BCUT2D eigenvalue weighted by Gasteiger charge is 2.16. The summed E-state index contributed by atoms with van der Waals surface area (Å²) in [5, 5.41) is 9.48. The molecule has 0 fully saturated rings. The van der Waals surface area contributed by atoms with Crippen molar-refractivity contribution in [2.75, 3.05) is 13.2 Å². The van der Waals surface area contributed by atoms with E-state index in [1.807, 2.05) is 0 Å². The maximum Gasteiger partial charge on any atom is 0.306 e. The molecule has 0 aliphatic heterocycles. The molecule has 0 saturated carbocycles. The Labute approximate surface area is 331 Å². The Balaban J connectivity index is 3.62. The Kier molecular flexibility index (Phi) is 41.2. The second-order valence-electron chi connectivity index (χ2n) is 13.7. The Morgan fingerprint density at radius 2 is 0.796 bits per heavy atom. The summed E-state index contributed by atoms with van der Waals surface area (Å²) in [7, 11) is 0. The van der Waals surface area contributed by atoms with Crippen LogP contribution in [0, 0.1) is 0 Å². The first-order chi connectivity index (χ1) is 26.6. The monoisotopic (exact) mass is 747 g/mol. The van der Waals surface area contributed by atoms with E-state index in [4.69, 9.17) is 9.47 Å². The van der Waals surface area contributed by atoms with Gasteiger partial charge in [0.05, 0.1) is 6.61 Å². The number of carbonyl (C=O) groups is 2. The van der Waals surface area contributed by atoms with E-state index in [1.165, 1.54) is 38.5 Å². The van der Waals surface area contributed by atoms with Crippen LogP contribution in [0.5, 0.6) is 0 Å². The number of rotatable bonds is 37. The second-order valence-corrected chi connectivity index (χ2v) is 13.7. The molecule has 0 heterocycles. The molecule has 0 spiro atoms. The highest BCUT2D eigenvalue weighted by atomic mass is 16.6. The summed E-state index contributed by atoms with van der Waals surface area (Å²) in [6.07, 6.45) is 63.5. The fourth-order valence-corrected chi connectivity index (χ4v) is 5.37. The first kappa shape index (κ1) is 50.6. The number of esters is 2. The molecule has 0 radical (unpaired) electrons. The molecule has 0 aromatic rings. The third-order valence-corrected chi connectivity index (χ3v) is 8.58. The third-order valence-electron chi connectivity index (χ3n) is 8.58. The van der Waals surface area contributed by atoms with Gasteiger partial charge in [-0.05, 0) is 83.5 Å². The Bertz CT molecular complexity index is 1120. The van der Waals surface area contributed by atoms with Crippen LogP contribution in [0.2, 0.25) is 0 Å². The lowest BCUT2D eigenvalue weighted by molar-refractivity contribution is -0.161. The van der Waals surface area contributed by atoms with E-state index in [9.17, 15) is 14.7 Å². The summed E-state index contributed by atoms with van der Waals surface area (Å²) >= 11 is 0. The minimum absolute atomic E-state index is 0.0770. The van der Waals surface area contributed by atoms with Crippen LogP contribution >= 0.6 is 0 Å². The molecule has 5 nitrogen and oxygen atoms in total. The molecule has 1 N–H and O–H groups in total. The predicted molar refractivity (Wildman–Crippen MR) is 232 cm³/mol. The van der Waals surface area contributed by atoms with Crippen molar-refractivity contribution >= 4 is 11.9 Å². The summed E-state index contributed by atoms with van der Waals surface area (Å²) in [6, 6.07) is 0. The van der Waals surface area contributed by atoms with Crippen molar-refractivity contribution in [2.24, 2.45) is 0 Å². The van der Waals surface area contributed by atoms with Crippen LogP contribution < -0.4 is 0 Å². The molecule has 0 amide bonds. The fourth-order valence-electron chi connectivity index (χ4n) is 5.37. The number of allylic oxidation sites excluding steroid dienone is 18. The van der Waals surface area contributed by atoms with Gasteiger partial charge in [-0.25, -0.2) is 0 Å². The standard InChI is InChI=1S/C49H78O5/c1-3-5-7-9-10-11-12-13-14-15-16-17-18-19-20-21-22-23-24-25-26-27-28-29-30-31-32-33-34-35-36-37-38-40-42-44-49(52)54-47(45-50)46-53-48(51)43-41-39-8-6-4-2/h5,7,10-11,13-14,16-17,19-20,22-23,25-26,28-29,31-32,47,50H,3-4,6,8-9,12,15,18,21,24,27,30,33-46H2,1-2H3/b7-5-,11-10-,14-13-,17-16-,20-19-,23-22-,26-25-,29-28-,32-31-. The van der Waals surface area contributed by atoms with Gasteiger partial charge >= 0.3 is 11.9 Å². The van der Waals surface area contributed by atoms with Crippen LogP contribution in [0.3, 0.4) is 0 Å². The number of hydrogen-bond donors (Lipinski definition) is 1. The summed E-state index contributed by atoms with van der Waals surface area (Å²) in [4.78, 5) is 24.0. The lowest BCUT2D eigenvalue weighted by atomic mass is 10.1. The Morgan fingerprint density at radius 1 is 0.444 bits per heavy atom. The quantitative estimate of drug-likeness (QED) is 0.0389. The molecule has 0 rings (SSSR count). The van der Waals surface area contributed by atoms with Gasteiger partial charge in [0, 0.05) is 12.8 Å². The molecule has 54 heavy (non-hydrogen) atoms. The molecule has 5 heteroatoms. The lowest BCUT2D eigenvalue weighted by Crippen LogP contribution is -2.28. The SMILES string of the molecule is CC/C=C\C/C=C\C/C=C\C/C=C\C/C=C\C/C=C\C/C=C\C/C=C\C/C=C\CCCCCCCCCC(=O)OC(CO)COC(=O)CCCCCCC. The zero-order valence-electron chi connectivity index (χ0n) is 34.4. The van der Waals surface area contributed by atoms with Gasteiger partial charge in [-0.3, -0.25) is 9.59 Å². The van der Waals surface area contributed by atoms with Gasteiger partial charge in [0.1, 0.15) is 6.61 Å². The molecule has 304 valence electrons. The highest BCUT2D eigenvalue weighted by molar-refractivity contribution is 5.70. The molecule has 1 unspecified atom stereocenters. The van der Waals surface area contributed by atoms with Gasteiger partial charge < -0.3 is 14.6 Å². The average Bonchev–Trinajstić information content (AvgIpc) is 3.17. The molecule has 0 saturated heterocycles. The van der Waals surface area contributed by atoms with Crippen molar-refractivity contribution in [3.8, 4) is 0 Å². The van der Waals surface area contributed by atoms with Crippen molar-refractivity contribution < 1.29 is 24.2 Å². The van der Waals surface area contributed by atoms with Crippen LogP contribution in [0.1, 0.15) is 168 Å². The van der Waals surface area contributed by atoms with Gasteiger partial charge in [-0.15, -0.1) is 0 Å². The van der Waals surface area contributed by atoms with E-state index in [-0.39, 0.29) is 25.2 Å². The van der Waals surface area contributed by atoms with Crippen molar-refractivity contribution in [3.63, 3.8) is 0 Å². The van der Waals surface area contributed by atoms with Crippen molar-refractivity contribution in [1.82, 2.24) is 0 Å². The van der Waals surface area contributed by atoms with E-state index >= 15 is 0 Å². The molecular formula is C49H78O5. The van der Waals surface area contributed by atoms with Crippen molar-refractivity contribution in [2.45, 2.75) is 174 Å². The van der Waals surface area contributed by atoms with E-state index in [0.29, 0.717) is 12.8 Å². The van der Waals surface area contributed by atoms with Crippen LogP contribution in [-0.2, 0) is 19.1 Å². The smallest absolute Gasteiger partial charge is 0.306 e. The second kappa shape index (κ2) is 44.0. The minimum Gasteiger partial charge on any atom is -0.462 e. The number of aliphatic hydroxyl groups is 1. The number of carbonyl (C=O) groups excluding carboxylic acids is 2. The zero-order chi connectivity index (χ0) is 39.3. The molecular weight excluding hydrogens is 669 g/mol. The normalized spacial score (nSPS) is 13.3. The molecule has 0 aliphatic rings. The van der Waals surface area contributed by atoms with Gasteiger partial charge in [0.2, 0.25) is 0 Å². The molecule has 0 aliphatic carbocycles. The van der Waals surface area contributed by atoms with E-state index in [0.717, 1.165) is 103 Å². The highest BCUT2D eigenvalue weighted by Crippen LogP contribution is 2.12. The Morgan fingerprint density at radius 3 is 1.20 bits per heavy atom. The Hall–Kier alpha value is -3.44. The van der Waals surface area contributed by atoms with Crippen LogP contribution in [-0.4, -0.2) is 36.4 Å². The first-order valence-electron chi connectivity index (χ1n) is 21.4. The van der Waals surface area contributed by atoms with Gasteiger partial charge in [0.15, 0.2) is 6.10 Å². The van der Waals surface area contributed by atoms with Crippen LogP contribution in [0.15, 0.2) is 109 Å². The molecule has 1 atom stereocenters. The molecule has 0 aromatic heterocycles. The predicted octanol–water partition coefficient (Wildman–Crippen LogP) is 13.8. The summed E-state index contributed by atoms with van der Waals surface area (Å²) < 4.78 is 10.5. The number of unbranched alkanes of at least 4 members (excludes halogenated alkanes) is 11. The van der Waals surface area contributed by atoms with Crippen LogP contribution in [0.4, 0.5) is 0 Å². The van der Waals surface area contributed by atoms with Gasteiger partial charge in [-0.2, -0.15) is 0 Å². The molecule has 0 aromatic carbocycles. The van der Waals surface area contributed by atoms with Gasteiger partial charge in [-0.1, -0.05) is 181 Å².